The van der Waals surface area contributed by atoms with E-state index >= 15 is 0 Å². The smallest absolute Gasteiger partial charge is 0.281 e. The van der Waals surface area contributed by atoms with Gasteiger partial charge in [0.2, 0.25) is 0 Å². The zero-order valence-electron chi connectivity index (χ0n) is 12.0. The fraction of sp³-hybridized carbons (Fsp3) is 0.538. The lowest BCUT2D eigenvalue weighted by atomic mass is 10.3. The molecule has 1 N–H and O–H groups in total. The van der Waals surface area contributed by atoms with Crippen molar-refractivity contribution in [2.24, 2.45) is 0 Å². The number of benzene rings is 1. The Morgan fingerprint density at radius 1 is 1.29 bits per heavy atom. The maximum atomic E-state index is 12.3. The molecule has 1 heterocycles. The Morgan fingerprint density at radius 3 is 2.52 bits per heavy atom. The van der Waals surface area contributed by atoms with Gasteiger partial charge in [0.1, 0.15) is 12.4 Å². The average Bonchev–Trinajstić information content (AvgIpc) is 2.50. The number of halogens is 1. The van der Waals surface area contributed by atoms with Gasteiger partial charge in [-0.2, -0.15) is 17.0 Å². The number of hydrogen-bond acceptors (Lipinski definition) is 4. The molecule has 0 radical (unpaired) electrons. The quantitative estimate of drug-likeness (QED) is 0.800. The molecule has 0 aliphatic carbocycles. The minimum absolute atomic E-state index is 0.322. The van der Waals surface area contributed by atoms with Gasteiger partial charge in [0.25, 0.3) is 10.2 Å². The molecule has 8 heteroatoms. The summed E-state index contributed by atoms with van der Waals surface area (Å²) < 4.78 is 34.1. The molecule has 0 aromatic heterocycles. The summed E-state index contributed by atoms with van der Waals surface area (Å²) in [4.78, 5) is 0. The van der Waals surface area contributed by atoms with E-state index in [-0.39, 0.29) is 0 Å². The van der Waals surface area contributed by atoms with Crippen LogP contribution in [0.2, 0.25) is 0 Å². The van der Waals surface area contributed by atoms with Crippen molar-refractivity contribution < 1.29 is 13.2 Å². The summed E-state index contributed by atoms with van der Waals surface area (Å²) >= 11 is 3.35. The molecular formula is C13H20BrN3O3S. The Bertz CT molecular complexity index is 544. The van der Waals surface area contributed by atoms with Gasteiger partial charge in [-0.05, 0) is 24.3 Å². The van der Waals surface area contributed by atoms with Crippen LogP contribution < -0.4 is 10.1 Å². The second-order valence-electron chi connectivity index (χ2n) is 4.78. The molecule has 1 aromatic rings. The lowest BCUT2D eigenvalue weighted by Gasteiger charge is -2.30. The number of likely N-dealkylation sites (N-methyl/N-ethyl adjacent to an activating group) is 1. The van der Waals surface area contributed by atoms with Crippen LogP contribution in [-0.4, -0.2) is 63.4 Å². The summed E-state index contributed by atoms with van der Waals surface area (Å²) in [7, 11) is -1.80. The number of nitrogens with one attached hydrogen (secondary N) is 1. The minimum atomic E-state index is -3.38. The van der Waals surface area contributed by atoms with Crippen LogP contribution >= 0.6 is 15.9 Å². The summed E-state index contributed by atoms with van der Waals surface area (Å²) in [6, 6.07) is 7.46. The lowest BCUT2D eigenvalue weighted by molar-refractivity contribution is 0.271. The summed E-state index contributed by atoms with van der Waals surface area (Å²) in [6.07, 6.45) is 0. The molecule has 1 saturated heterocycles. The number of piperazine rings is 1. The predicted octanol–water partition coefficient (Wildman–Crippen LogP) is 0.910. The van der Waals surface area contributed by atoms with Crippen molar-refractivity contribution in [1.29, 1.82) is 0 Å². The Morgan fingerprint density at radius 2 is 1.90 bits per heavy atom. The van der Waals surface area contributed by atoms with Gasteiger partial charge in [0, 0.05) is 44.2 Å². The molecule has 118 valence electrons. The highest BCUT2D eigenvalue weighted by Crippen LogP contribution is 2.16. The summed E-state index contributed by atoms with van der Waals surface area (Å²) in [5.41, 5.74) is 0. The molecule has 1 aliphatic rings. The molecule has 2 rings (SSSR count). The highest BCUT2D eigenvalue weighted by Gasteiger charge is 2.27. The van der Waals surface area contributed by atoms with Gasteiger partial charge in [-0.15, -0.1) is 0 Å². The number of nitrogens with zero attached hydrogens (tertiary/aromatic N) is 2. The fourth-order valence-electron chi connectivity index (χ4n) is 2.01. The van der Waals surface area contributed by atoms with E-state index in [1.165, 1.54) is 8.61 Å². The zero-order valence-corrected chi connectivity index (χ0v) is 14.4. The average molecular weight is 378 g/mol. The second-order valence-corrected chi connectivity index (χ2v) is 7.73. The highest BCUT2D eigenvalue weighted by atomic mass is 79.9. The molecule has 0 saturated carbocycles. The normalized spacial score (nSPS) is 17.1. The van der Waals surface area contributed by atoms with Gasteiger partial charge >= 0.3 is 0 Å². The van der Waals surface area contributed by atoms with E-state index in [9.17, 15) is 8.42 Å². The van der Waals surface area contributed by atoms with E-state index in [0.717, 1.165) is 10.2 Å². The topological polar surface area (TPSA) is 61.9 Å². The third-order valence-corrected chi connectivity index (χ3v) is 5.80. The fourth-order valence-corrected chi connectivity index (χ4v) is 3.62. The van der Waals surface area contributed by atoms with Crippen molar-refractivity contribution in [3.63, 3.8) is 0 Å². The summed E-state index contributed by atoms with van der Waals surface area (Å²) in [5, 5.41) is 3.14. The van der Waals surface area contributed by atoms with Gasteiger partial charge in [-0.3, -0.25) is 0 Å². The first-order valence-corrected chi connectivity index (χ1v) is 8.99. The molecule has 1 fully saturated rings. The van der Waals surface area contributed by atoms with Gasteiger partial charge in [0.05, 0.1) is 0 Å². The van der Waals surface area contributed by atoms with Gasteiger partial charge in [-0.25, -0.2) is 0 Å². The third kappa shape index (κ3) is 4.65. The van der Waals surface area contributed by atoms with E-state index in [4.69, 9.17) is 4.74 Å². The first kappa shape index (κ1) is 16.7. The van der Waals surface area contributed by atoms with Crippen LogP contribution in [-0.2, 0) is 10.2 Å². The molecule has 21 heavy (non-hydrogen) atoms. The van der Waals surface area contributed by atoms with Gasteiger partial charge in [-0.1, -0.05) is 15.9 Å². The second kappa shape index (κ2) is 7.55. The van der Waals surface area contributed by atoms with E-state index in [1.54, 1.807) is 7.05 Å². The number of hydrogen-bond donors (Lipinski definition) is 1. The molecule has 0 spiro atoms. The highest BCUT2D eigenvalue weighted by molar-refractivity contribution is 9.10. The largest absolute Gasteiger partial charge is 0.492 e. The number of ether oxygens (including phenoxy) is 1. The first-order chi connectivity index (χ1) is 10.00. The van der Waals surface area contributed by atoms with Crippen molar-refractivity contribution in [2.45, 2.75) is 0 Å². The van der Waals surface area contributed by atoms with E-state index in [1.807, 2.05) is 24.3 Å². The van der Waals surface area contributed by atoms with Crippen LogP contribution in [0.3, 0.4) is 0 Å². The van der Waals surface area contributed by atoms with E-state index < -0.39 is 10.2 Å². The molecule has 1 aromatic carbocycles. The molecule has 1 aliphatic heterocycles. The van der Waals surface area contributed by atoms with Crippen LogP contribution in [0.25, 0.3) is 0 Å². The predicted molar refractivity (Wildman–Crippen MR) is 85.6 cm³/mol. The Kier molecular flexibility index (Phi) is 6.00. The van der Waals surface area contributed by atoms with Gasteiger partial charge < -0.3 is 10.1 Å². The maximum Gasteiger partial charge on any atom is 0.281 e. The standard InChI is InChI=1S/C13H20BrN3O3S/c1-16(21(18,19)17-8-6-15-7-9-17)10-11-20-13-4-2-12(14)3-5-13/h2-5,15H,6-11H2,1H3. The van der Waals surface area contributed by atoms with Crippen LogP contribution in [0, 0.1) is 0 Å². The van der Waals surface area contributed by atoms with Gasteiger partial charge in [0.15, 0.2) is 0 Å². The third-order valence-electron chi connectivity index (χ3n) is 3.28. The van der Waals surface area contributed by atoms with E-state index in [0.29, 0.717) is 39.3 Å². The van der Waals surface area contributed by atoms with Crippen molar-refractivity contribution in [1.82, 2.24) is 13.9 Å². The molecule has 0 unspecified atom stereocenters. The monoisotopic (exact) mass is 377 g/mol. The summed E-state index contributed by atoms with van der Waals surface area (Å²) in [5.74, 6) is 0.728. The van der Waals surface area contributed by atoms with Crippen LogP contribution in [0.1, 0.15) is 0 Å². The van der Waals surface area contributed by atoms with Crippen molar-refractivity contribution in [3.8, 4) is 5.75 Å². The van der Waals surface area contributed by atoms with Crippen molar-refractivity contribution >= 4 is 26.1 Å². The molecule has 0 amide bonds. The molecule has 0 atom stereocenters. The Labute approximate surface area is 134 Å². The SMILES string of the molecule is CN(CCOc1ccc(Br)cc1)S(=O)(=O)N1CCNCC1. The molecule has 0 bridgehead atoms. The van der Waals surface area contributed by atoms with Crippen molar-refractivity contribution in [2.75, 3.05) is 46.4 Å². The minimum Gasteiger partial charge on any atom is -0.492 e. The number of rotatable bonds is 6. The first-order valence-electron chi connectivity index (χ1n) is 6.80. The van der Waals surface area contributed by atoms with Crippen molar-refractivity contribution in [3.05, 3.63) is 28.7 Å². The Balaban J connectivity index is 1.83. The lowest BCUT2D eigenvalue weighted by Crippen LogP contribution is -2.51. The zero-order chi connectivity index (χ0) is 15.3. The molecular weight excluding hydrogens is 358 g/mol. The van der Waals surface area contributed by atoms with E-state index in [2.05, 4.69) is 21.2 Å². The Hall–Kier alpha value is -0.670. The van der Waals surface area contributed by atoms with Crippen LogP contribution in [0.5, 0.6) is 5.75 Å². The summed E-state index contributed by atoms with van der Waals surface area (Å²) in [6.45, 7) is 3.07. The maximum absolute atomic E-state index is 12.3. The van der Waals surface area contributed by atoms with Crippen LogP contribution in [0.4, 0.5) is 0 Å². The van der Waals surface area contributed by atoms with Crippen LogP contribution in [0.15, 0.2) is 28.7 Å². The molecule has 6 nitrogen and oxygen atoms in total.